The van der Waals surface area contributed by atoms with Gasteiger partial charge in [-0.1, -0.05) is 0 Å². The number of carbonyl (C=O) groups excluding carboxylic acids is 1. The molecular formula is C21H24N2O4. The van der Waals surface area contributed by atoms with Gasteiger partial charge in [-0.25, -0.2) is 9.78 Å². The lowest BCUT2D eigenvalue weighted by Crippen LogP contribution is -2.23. The quantitative estimate of drug-likeness (QED) is 0.648. The van der Waals surface area contributed by atoms with Gasteiger partial charge in [0.2, 0.25) is 0 Å². The third kappa shape index (κ3) is 4.46. The van der Waals surface area contributed by atoms with E-state index in [4.69, 9.17) is 9.47 Å². The molecule has 0 saturated heterocycles. The van der Waals surface area contributed by atoms with E-state index in [0.717, 1.165) is 11.0 Å². The van der Waals surface area contributed by atoms with E-state index in [0.29, 0.717) is 24.5 Å². The van der Waals surface area contributed by atoms with Crippen LogP contribution in [-0.4, -0.2) is 39.9 Å². The average molecular weight is 368 g/mol. The van der Waals surface area contributed by atoms with Crippen LogP contribution in [0.5, 0.6) is 5.75 Å². The first-order valence-electron chi connectivity index (χ1n) is 8.98. The highest BCUT2D eigenvalue weighted by molar-refractivity contribution is 5.89. The fourth-order valence-corrected chi connectivity index (χ4v) is 2.83. The number of rotatable bonds is 7. The van der Waals surface area contributed by atoms with Gasteiger partial charge in [-0.15, -0.1) is 0 Å². The predicted octanol–water partition coefficient (Wildman–Crippen LogP) is 3.27. The van der Waals surface area contributed by atoms with Crippen molar-refractivity contribution in [3.05, 3.63) is 59.4 Å². The maximum Gasteiger partial charge on any atom is 0.338 e. The fourth-order valence-electron chi connectivity index (χ4n) is 2.83. The summed E-state index contributed by atoms with van der Waals surface area (Å²) in [6.45, 7) is 6.76. The molecule has 0 aliphatic carbocycles. The standard InChI is InChI=1S/C21H24N2O4/c1-4-26-21(25)16-5-7-18(8-6-16)27-12-17(24)11-23-13-22-19-9-14(2)15(3)10-20(19)23/h5-10,13,17,24H,4,11-12H2,1-3H3/t17-/m0/s1. The van der Waals surface area contributed by atoms with Gasteiger partial charge in [0.1, 0.15) is 18.5 Å². The molecule has 0 fully saturated rings. The maximum absolute atomic E-state index is 11.6. The Balaban J connectivity index is 1.59. The molecule has 1 atom stereocenters. The fraction of sp³-hybridized carbons (Fsp3) is 0.333. The third-order valence-electron chi connectivity index (χ3n) is 4.45. The van der Waals surface area contributed by atoms with Gasteiger partial charge in [-0.3, -0.25) is 0 Å². The van der Waals surface area contributed by atoms with E-state index in [2.05, 4.69) is 31.0 Å². The topological polar surface area (TPSA) is 73.6 Å². The number of benzene rings is 2. The summed E-state index contributed by atoms with van der Waals surface area (Å²) < 4.78 is 12.5. The highest BCUT2D eigenvalue weighted by Gasteiger charge is 2.11. The molecular weight excluding hydrogens is 344 g/mol. The monoisotopic (exact) mass is 368 g/mol. The van der Waals surface area contributed by atoms with E-state index < -0.39 is 6.10 Å². The second-order valence-electron chi connectivity index (χ2n) is 6.53. The number of fused-ring (bicyclic) bond motifs is 1. The van der Waals surface area contributed by atoms with Crippen molar-refractivity contribution in [3.8, 4) is 5.75 Å². The zero-order chi connectivity index (χ0) is 19.4. The normalized spacial score (nSPS) is 12.1. The minimum Gasteiger partial charge on any atom is -0.491 e. The summed E-state index contributed by atoms with van der Waals surface area (Å²) in [5.74, 6) is 0.227. The summed E-state index contributed by atoms with van der Waals surface area (Å²) in [6.07, 6.45) is 1.05. The predicted molar refractivity (Wildman–Crippen MR) is 103 cm³/mol. The zero-order valence-corrected chi connectivity index (χ0v) is 15.8. The summed E-state index contributed by atoms with van der Waals surface area (Å²) in [5.41, 5.74) is 4.77. The van der Waals surface area contributed by atoms with Gasteiger partial charge < -0.3 is 19.1 Å². The summed E-state index contributed by atoms with van der Waals surface area (Å²) >= 11 is 0. The first kappa shape index (κ1) is 18.9. The molecule has 0 aliphatic heterocycles. The van der Waals surface area contributed by atoms with E-state index in [-0.39, 0.29) is 12.6 Å². The molecule has 0 spiro atoms. The van der Waals surface area contributed by atoms with Crippen LogP contribution >= 0.6 is 0 Å². The molecule has 6 nitrogen and oxygen atoms in total. The number of aliphatic hydroxyl groups is 1. The lowest BCUT2D eigenvalue weighted by Gasteiger charge is -2.14. The second kappa shape index (κ2) is 8.22. The van der Waals surface area contributed by atoms with Crippen molar-refractivity contribution in [2.75, 3.05) is 13.2 Å². The van der Waals surface area contributed by atoms with Crippen LogP contribution < -0.4 is 4.74 Å². The first-order chi connectivity index (χ1) is 13.0. The third-order valence-corrected chi connectivity index (χ3v) is 4.45. The lowest BCUT2D eigenvalue weighted by atomic mass is 10.1. The second-order valence-corrected chi connectivity index (χ2v) is 6.53. The average Bonchev–Trinajstić information content (AvgIpc) is 3.02. The Morgan fingerprint density at radius 1 is 1.19 bits per heavy atom. The molecule has 1 aromatic heterocycles. The van der Waals surface area contributed by atoms with E-state index in [1.165, 1.54) is 11.1 Å². The molecule has 27 heavy (non-hydrogen) atoms. The van der Waals surface area contributed by atoms with Crippen LogP contribution in [0, 0.1) is 13.8 Å². The number of esters is 1. The molecule has 0 saturated carbocycles. The van der Waals surface area contributed by atoms with Crippen LogP contribution in [0.2, 0.25) is 0 Å². The van der Waals surface area contributed by atoms with Crippen molar-refractivity contribution in [2.45, 2.75) is 33.4 Å². The molecule has 6 heteroatoms. The molecule has 0 amide bonds. The van der Waals surface area contributed by atoms with Crippen LogP contribution in [0.4, 0.5) is 0 Å². The van der Waals surface area contributed by atoms with Gasteiger partial charge in [-0.05, 0) is 68.3 Å². The Morgan fingerprint density at radius 2 is 1.89 bits per heavy atom. The van der Waals surface area contributed by atoms with Crippen molar-refractivity contribution in [2.24, 2.45) is 0 Å². The molecule has 3 rings (SSSR count). The van der Waals surface area contributed by atoms with Crippen molar-refractivity contribution >= 4 is 17.0 Å². The van der Waals surface area contributed by atoms with Crippen LogP contribution in [-0.2, 0) is 11.3 Å². The molecule has 0 radical (unpaired) electrons. The Kier molecular flexibility index (Phi) is 5.76. The molecule has 0 aliphatic rings. The largest absolute Gasteiger partial charge is 0.491 e. The van der Waals surface area contributed by atoms with Crippen LogP contribution in [0.15, 0.2) is 42.7 Å². The summed E-state index contributed by atoms with van der Waals surface area (Å²) in [5, 5.41) is 10.3. The van der Waals surface area contributed by atoms with E-state index in [1.807, 2.05) is 4.57 Å². The van der Waals surface area contributed by atoms with Gasteiger partial charge in [0.05, 0.1) is 36.1 Å². The smallest absolute Gasteiger partial charge is 0.338 e. The molecule has 3 aromatic rings. The number of imidazole rings is 1. The molecule has 142 valence electrons. The van der Waals surface area contributed by atoms with Crippen molar-refractivity contribution < 1.29 is 19.4 Å². The number of hydrogen-bond acceptors (Lipinski definition) is 5. The van der Waals surface area contributed by atoms with E-state index in [1.54, 1.807) is 37.5 Å². The van der Waals surface area contributed by atoms with E-state index >= 15 is 0 Å². The van der Waals surface area contributed by atoms with Crippen molar-refractivity contribution in [1.29, 1.82) is 0 Å². The van der Waals surface area contributed by atoms with Gasteiger partial charge in [0.15, 0.2) is 0 Å². The minimum absolute atomic E-state index is 0.142. The Hall–Kier alpha value is -2.86. The Morgan fingerprint density at radius 3 is 2.59 bits per heavy atom. The molecule has 1 heterocycles. The zero-order valence-electron chi connectivity index (χ0n) is 15.8. The van der Waals surface area contributed by atoms with Crippen molar-refractivity contribution in [1.82, 2.24) is 9.55 Å². The van der Waals surface area contributed by atoms with Gasteiger partial charge in [0.25, 0.3) is 0 Å². The summed E-state index contributed by atoms with van der Waals surface area (Å²) in [7, 11) is 0. The molecule has 2 aromatic carbocycles. The van der Waals surface area contributed by atoms with Crippen molar-refractivity contribution in [3.63, 3.8) is 0 Å². The number of aryl methyl sites for hydroxylation is 2. The number of carbonyl (C=O) groups is 1. The SMILES string of the molecule is CCOC(=O)c1ccc(OC[C@@H](O)Cn2cnc3cc(C)c(C)cc32)cc1. The number of aromatic nitrogens is 2. The van der Waals surface area contributed by atoms with Gasteiger partial charge >= 0.3 is 5.97 Å². The van der Waals surface area contributed by atoms with Crippen LogP contribution in [0.25, 0.3) is 11.0 Å². The van der Waals surface area contributed by atoms with Crippen LogP contribution in [0.3, 0.4) is 0 Å². The summed E-state index contributed by atoms with van der Waals surface area (Å²) in [4.78, 5) is 16.0. The highest BCUT2D eigenvalue weighted by atomic mass is 16.5. The lowest BCUT2D eigenvalue weighted by molar-refractivity contribution is 0.0526. The van der Waals surface area contributed by atoms with Gasteiger partial charge in [0, 0.05) is 0 Å². The van der Waals surface area contributed by atoms with E-state index in [9.17, 15) is 9.90 Å². The number of nitrogens with zero attached hydrogens (tertiary/aromatic N) is 2. The summed E-state index contributed by atoms with van der Waals surface area (Å²) in [6, 6.07) is 10.8. The Bertz CT molecular complexity index is 931. The molecule has 0 bridgehead atoms. The molecule has 0 unspecified atom stereocenters. The number of ether oxygens (including phenoxy) is 2. The highest BCUT2D eigenvalue weighted by Crippen LogP contribution is 2.19. The molecule has 1 N–H and O–H groups in total. The van der Waals surface area contributed by atoms with Gasteiger partial charge in [-0.2, -0.15) is 0 Å². The Labute approximate surface area is 158 Å². The number of aliphatic hydroxyl groups excluding tert-OH is 1. The number of hydrogen-bond donors (Lipinski definition) is 1. The maximum atomic E-state index is 11.6. The first-order valence-corrected chi connectivity index (χ1v) is 8.98. The minimum atomic E-state index is -0.686. The van der Waals surface area contributed by atoms with Crippen LogP contribution in [0.1, 0.15) is 28.4 Å².